The molecule has 1 fully saturated rings. The number of carbonyl (C=O) groups is 2. The van der Waals surface area contributed by atoms with Crippen LogP contribution in [0.3, 0.4) is 0 Å². The lowest BCUT2D eigenvalue weighted by molar-refractivity contribution is -0.132. The van der Waals surface area contributed by atoms with Gasteiger partial charge in [-0.05, 0) is 51.2 Å². The van der Waals surface area contributed by atoms with Crippen molar-refractivity contribution in [1.29, 1.82) is 0 Å². The largest absolute Gasteiger partial charge is 0.346 e. The van der Waals surface area contributed by atoms with Crippen LogP contribution >= 0.6 is 0 Å². The molecular formula is C23H31N5O3. The van der Waals surface area contributed by atoms with Gasteiger partial charge in [-0.25, -0.2) is 9.48 Å². The average molecular weight is 426 g/mol. The Labute approximate surface area is 182 Å². The summed E-state index contributed by atoms with van der Waals surface area (Å²) >= 11 is 0. The molecule has 4 rings (SSSR count). The van der Waals surface area contributed by atoms with Crippen molar-refractivity contribution in [1.82, 2.24) is 19.2 Å². The molecule has 31 heavy (non-hydrogen) atoms. The second kappa shape index (κ2) is 9.49. The topological polar surface area (TPSA) is 80.4 Å². The van der Waals surface area contributed by atoms with Crippen LogP contribution in [0.2, 0.25) is 0 Å². The Kier molecular flexibility index (Phi) is 6.53. The molecule has 1 saturated heterocycles. The van der Waals surface area contributed by atoms with Crippen molar-refractivity contribution >= 4 is 17.5 Å². The van der Waals surface area contributed by atoms with E-state index in [1.54, 1.807) is 4.57 Å². The standard InChI is InChI=1S/C23H31N5O3/c1-18-9-11-19(12-10-18)27(16-21(29)25-13-5-3-6-14-25)22(30)17-28-23(31)26-15-7-2-4-8-20(26)24-28/h9-12H,2-8,13-17H2,1H3. The van der Waals surface area contributed by atoms with E-state index in [1.807, 2.05) is 36.1 Å². The Bertz CT molecular complexity index is 986. The van der Waals surface area contributed by atoms with Crippen molar-refractivity contribution < 1.29 is 9.59 Å². The van der Waals surface area contributed by atoms with Gasteiger partial charge in [-0.1, -0.05) is 24.1 Å². The second-order valence-electron chi connectivity index (χ2n) is 8.58. The van der Waals surface area contributed by atoms with Crippen molar-refractivity contribution in [3.8, 4) is 0 Å². The zero-order valence-electron chi connectivity index (χ0n) is 18.3. The molecule has 0 atom stereocenters. The smallest absolute Gasteiger partial charge is 0.341 e. The number of piperidine rings is 1. The number of aromatic nitrogens is 3. The third-order valence-corrected chi connectivity index (χ3v) is 6.22. The molecule has 0 bridgehead atoms. The zero-order chi connectivity index (χ0) is 21.8. The molecule has 8 heteroatoms. The second-order valence-corrected chi connectivity index (χ2v) is 8.58. The Morgan fingerprint density at radius 3 is 2.39 bits per heavy atom. The monoisotopic (exact) mass is 425 g/mol. The number of aryl methyl sites for hydroxylation is 2. The number of anilines is 1. The minimum absolute atomic E-state index is 0.0236. The summed E-state index contributed by atoms with van der Waals surface area (Å²) in [5.74, 6) is 0.396. The number of carbonyl (C=O) groups excluding carboxylic acids is 2. The van der Waals surface area contributed by atoms with Crippen molar-refractivity contribution in [2.75, 3.05) is 24.5 Å². The van der Waals surface area contributed by atoms with Gasteiger partial charge in [-0.3, -0.25) is 14.2 Å². The highest BCUT2D eigenvalue weighted by molar-refractivity contribution is 5.98. The van der Waals surface area contributed by atoms with E-state index in [0.29, 0.717) is 12.2 Å². The molecular weight excluding hydrogens is 394 g/mol. The number of fused-ring (bicyclic) bond motifs is 1. The first-order valence-corrected chi connectivity index (χ1v) is 11.3. The molecule has 2 amide bonds. The Balaban J connectivity index is 1.56. The minimum atomic E-state index is -0.301. The molecule has 2 aliphatic heterocycles. The van der Waals surface area contributed by atoms with E-state index in [9.17, 15) is 14.4 Å². The summed E-state index contributed by atoms with van der Waals surface area (Å²) in [6.07, 6.45) is 6.93. The fourth-order valence-electron chi connectivity index (χ4n) is 4.37. The first kappa shape index (κ1) is 21.3. The maximum Gasteiger partial charge on any atom is 0.346 e. The van der Waals surface area contributed by atoms with Gasteiger partial charge >= 0.3 is 5.69 Å². The molecule has 0 spiro atoms. The van der Waals surface area contributed by atoms with Gasteiger partial charge in [0.1, 0.15) is 18.9 Å². The molecule has 0 N–H and O–H groups in total. The van der Waals surface area contributed by atoms with Crippen molar-refractivity contribution in [3.05, 3.63) is 46.1 Å². The van der Waals surface area contributed by atoms with E-state index in [0.717, 1.165) is 69.4 Å². The van der Waals surface area contributed by atoms with E-state index in [4.69, 9.17) is 0 Å². The van der Waals surface area contributed by atoms with Crippen molar-refractivity contribution in [2.45, 2.75) is 65.0 Å². The molecule has 0 aliphatic carbocycles. The third kappa shape index (κ3) is 4.89. The predicted octanol–water partition coefficient (Wildman–Crippen LogP) is 2.13. The van der Waals surface area contributed by atoms with Gasteiger partial charge in [-0.2, -0.15) is 5.10 Å². The van der Waals surface area contributed by atoms with E-state index in [1.165, 1.54) is 9.58 Å². The van der Waals surface area contributed by atoms with Crippen LogP contribution in [0.4, 0.5) is 5.69 Å². The third-order valence-electron chi connectivity index (χ3n) is 6.22. The van der Waals surface area contributed by atoms with Gasteiger partial charge in [0.05, 0.1) is 0 Å². The molecule has 1 aromatic carbocycles. The number of amides is 2. The highest BCUT2D eigenvalue weighted by Crippen LogP contribution is 2.18. The summed E-state index contributed by atoms with van der Waals surface area (Å²) in [5, 5.41) is 4.43. The first-order chi connectivity index (χ1) is 15.0. The number of benzene rings is 1. The highest BCUT2D eigenvalue weighted by Gasteiger charge is 2.25. The number of hydrogen-bond donors (Lipinski definition) is 0. The van der Waals surface area contributed by atoms with Crippen molar-refractivity contribution in [3.63, 3.8) is 0 Å². The Morgan fingerprint density at radius 1 is 0.968 bits per heavy atom. The zero-order valence-corrected chi connectivity index (χ0v) is 18.3. The maximum absolute atomic E-state index is 13.3. The van der Waals surface area contributed by atoms with Crippen LogP contribution in [0, 0.1) is 6.92 Å². The molecule has 0 saturated carbocycles. The molecule has 166 valence electrons. The number of rotatable bonds is 5. The molecule has 8 nitrogen and oxygen atoms in total. The summed E-state index contributed by atoms with van der Waals surface area (Å²) in [6, 6.07) is 7.54. The average Bonchev–Trinajstić information content (AvgIpc) is 2.94. The fraction of sp³-hybridized carbons (Fsp3) is 0.565. The van der Waals surface area contributed by atoms with Gasteiger partial charge in [0.2, 0.25) is 11.8 Å². The lowest BCUT2D eigenvalue weighted by atomic mass is 10.1. The van der Waals surface area contributed by atoms with Crippen LogP contribution in [-0.2, 0) is 29.1 Å². The molecule has 2 aliphatic rings. The molecule has 1 aromatic heterocycles. The van der Waals surface area contributed by atoms with Gasteiger partial charge in [0, 0.05) is 31.7 Å². The van der Waals surface area contributed by atoms with Crippen LogP contribution in [0.5, 0.6) is 0 Å². The predicted molar refractivity (Wildman–Crippen MR) is 118 cm³/mol. The van der Waals surface area contributed by atoms with Crippen LogP contribution in [0.15, 0.2) is 29.1 Å². The molecule has 0 unspecified atom stereocenters. The van der Waals surface area contributed by atoms with Crippen LogP contribution < -0.4 is 10.6 Å². The van der Waals surface area contributed by atoms with Crippen molar-refractivity contribution in [2.24, 2.45) is 0 Å². The first-order valence-electron chi connectivity index (χ1n) is 11.3. The number of likely N-dealkylation sites (tertiary alicyclic amines) is 1. The lowest BCUT2D eigenvalue weighted by Crippen LogP contribution is -2.46. The van der Waals surface area contributed by atoms with Gasteiger partial charge in [0.25, 0.3) is 0 Å². The van der Waals surface area contributed by atoms with Crippen LogP contribution in [0.25, 0.3) is 0 Å². The SMILES string of the molecule is Cc1ccc(N(CC(=O)N2CCCCC2)C(=O)Cn2nc3n(c2=O)CCCCC3)cc1. The van der Waals surface area contributed by atoms with Crippen LogP contribution in [-0.4, -0.2) is 50.7 Å². The van der Waals surface area contributed by atoms with E-state index >= 15 is 0 Å². The maximum atomic E-state index is 13.3. The normalized spacial score (nSPS) is 16.5. The van der Waals surface area contributed by atoms with Crippen LogP contribution in [0.1, 0.15) is 49.9 Å². The number of hydrogen-bond acceptors (Lipinski definition) is 4. The molecule has 2 aromatic rings. The van der Waals surface area contributed by atoms with E-state index < -0.39 is 0 Å². The lowest BCUT2D eigenvalue weighted by Gasteiger charge is -2.30. The summed E-state index contributed by atoms with van der Waals surface area (Å²) in [6.45, 7) is 3.91. The Hall–Kier alpha value is -2.90. The minimum Gasteiger partial charge on any atom is -0.341 e. The molecule has 0 radical (unpaired) electrons. The summed E-state index contributed by atoms with van der Waals surface area (Å²) in [7, 11) is 0. The summed E-state index contributed by atoms with van der Waals surface area (Å²) in [4.78, 5) is 42.3. The fourth-order valence-corrected chi connectivity index (χ4v) is 4.37. The quantitative estimate of drug-likeness (QED) is 0.735. The van der Waals surface area contributed by atoms with E-state index in [-0.39, 0.29) is 30.6 Å². The van der Waals surface area contributed by atoms with Gasteiger partial charge in [0.15, 0.2) is 0 Å². The van der Waals surface area contributed by atoms with Gasteiger partial charge < -0.3 is 9.80 Å². The Morgan fingerprint density at radius 2 is 1.65 bits per heavy atom. The number of nitrogens with zero attached hydrogens (tertiary/aromatic N) is 5. The highest BCUT2D eigenvalue weighted by atomic mass is 16.2. The summed E-state index contributed by atoms with van der Waals surface area (Å²) < 4.78 is 2.95. The summed E-state index contributed by atoms with van der Waals surface area (Å²) in [5.41, 5.74) is 1.50. The molecule has 3 heterocycles. The van der Waals surface area contributed by atoms with E-state index in [2.05, 4.69) is 5.10 Å². The van der Waals surface area contributed by atoms with Gasteiger partial charge in [-0.15, -0.1) is 0 Å².